The highest BCUT2D eigenvalue weighted by molar-refractivity contribution is 5.73. The lowest BCUT2D eigenvalue weighted by Crippen LogP contribution is -2.46. The number of amidine groups is 1. The fourth-order valence-electron chi connectivity index (χ4n) is 2.27. The van der Waals surface area contributed by atoms with Crippen LogP contribution in [0.4, 0.5) is 17.6 Å². The largest absolute Gasteiger partial charge is 0.452 e. The van der Waals surface area contributed by atoms with E-state index in [4.69, 9.17) is 5.73 Å². The van der Waals surface area contributed by atoms with E-state index in [0.717, 1.165) is 0 Å². The first-order valence-corrected chi connectivity index (χ1v) is 5.97. The lowest BCUT2D eigenvalue weighted by atomic mass is 9.85. The summed E-state index contributed by atoms with van der Waals surface area (Å²) < 4.78 is 56.9. The molecule has 0 aliphatic carbocycles. The molecular weight excluding hydrogens is 276 g/mol. The predicted molar refractivity (Wildman–Crippen MR) is 65.7 cm³/mol. The number of ether oxygens (including phenoxy) is 1. The predicted octanol–water partition coefficient (Wildman–Crippen LogP) is 3.02. The number of nitrogens with zero attached hydrogens (tertiary/aromatic N) is 1. The zero-order valence-electron chi connectivity index (χ0n) is 11.0. The van der Waals surface area contributed by atoms with Crippen molar-refractivity contribution in [2.45, 2.75) is 38.1 Å². The second-order valence-corrected chi connectivity index (χ2v) is 5.06. The minimum absolute atomic E-state index is 0.0728. The molecule has 2 rings (SSSR count). The van der Waals surface area contributed by atoms with Crippen molar-refractivity contribution in [3.8, 4) is 0 Å². The van der Waals surface area contributed by atoms with Crippen molar-refractivity contribution in [1.82, 2.24) is 0 Å². The number of alkyl halides is 3. The van der Waals surface area contributed by atoms with E-state index in [1.165, 1.54) is 19.1 Å². The molecule has 1 heterocycles. The van der Waals surface area contributed by atoms with E-state index in [0.29, 0.717) is 5.56 Å². The third-order valence-corrected chi connectivity index (χ3v) is 3.27. The molecule has 0 spiro atoms. The first-order chi connectivity index (χ1) is 9.12. The van der Waals surface area contributed by atoms with Crippen molar-refractivity contribution in [2.75, 3.05) is 0 Å². The molecule has 0 fully saturated rings. The van der Waals surface area contributed by atoms with Crippen molar-refractivity contribution in [1.29, 1.82) is 0 Å². The highest BCUT2D eigenvalue weighted by Gasteiger charge is 2.49. The molecule has 7 heteroatoms. The molecule has 1 aliphatic heterocycles. The van der Waals surface area contributed by atoms with Crippen molar-refractivity contribution in [2.24, 2.45) is 10.7 Å². The third-order valence-electron chi connectivity index (χ3n) is 3.27. The van der Waals surface area contributed by atoms with Gasteiger partial charge in [-0.25, -0.2) is 9.38 Å². The maximum absolute atomic E-state index is 14.0. The van der Waals surface area contributed by atoms with Gasteiger partial charge in [0.05, 0.1) is 5.54 Å². The summed E-state index contributed by atoms with van der Waals surface area (Å²) in [6, 6.07) is 3.72. The molecule has 1 aromatic rings. The Bertz CT molecular complexity index is 556. The Labute approximate surface area is 113 Å². The summed E-state index contributed by atoms with van der Waals surface area (Å²) in [5, 5.41) is 0. The van der Waals surface area contributed by atoms with Crippen LogP contribution in [-0.4, -0.2) is 18.3 Å². The summed E-state index contributed by atoms with van der Waals surface area (Å²) in [6.45, 7) is 3.10. The molecule has 0 aromatic heterocycles. The van der Waals surface area contributed by atoms with Gasteiger partial charge in [0.2, 0.25) is 0 Å². The van der Waals surface area contributed by atoms with E-state index >= 15 is 0 Å². The molecule has 20 heavy (non-hydrogen) atoms. The first kappa shape index (κ1) is 14.6. The highest BCUT2D eigenvalue weighted by atomic mass is 19.4. The summed E-state index contributed by atoms with van der Waals surface area (Å²) in [7, 11) is 0. The van der Waals surface area contributed by atoms with Gasteiger partial charge in [-0.2, -0.15) is 13.2 Å². The van der Waals surface area contributed by atoms with Crippen LogP contribution in [0.2, 0.25) is 0 Å². The molecule has 2 N–H and O–H groups in total. The number of hydrogen-bond donors (Lipinski definition) is 1. The normalized spacial score (nSPS) is 26.9. The van der Waals surface area contributed by atoms with E-state index in [1.807, 2.05) is 0 Å². The molecule has 1 aliphatic rings. The van der Waals surface area contributed by atoms with Gasteiger partial charge in [0.15, 0.2) is 6.10 Å². The van der Waals surface area contributed by atoms with Gasteiger partial charge in [-0.05, 0) is 25.5 Å². The third kappa shape index (κ3) is 2.71. The van der Waals surface area contributed by atoms with Gasteiger partial charge in [-0.15, -0.1) is 0 Å². The Balaban J connectivity index is 2.45. The van der Waals surface area contributed by atoms with E-state index in [9.17, 15) is 17.6 Å². The molecule has 110 valence electrons. The molecule has 3 nitrogen and oxygen atoms in total. The number of benzene rings is 1. The van der Waals surface area contributed by atoms with Crippen molar-refractivity contribution in [3.63, 3.8) is 0 Å². The van der Waals surface area contributed by atoms with E-state index < -0.39 is 36.1 Å². The molecule has 0 saturated heterocycles. The number of rotatable bonds is 1. The van der Waals surface area contributed by atoms with Crippen LogP contribution in [0.25, 0.3) is 0 Å². The number of halogens is 4. The number of aliphatic imine (C=N–C) groups is 1. The molecule has 0 saturated carbocycles. The summed E-state index contributed by atoms with van der Waals surface area (Å²) >= 11 is 0. The van der Waals surface area contributed by atoms with Crippen molar-refractivity contribution >= 4 is 6.02 Å². The zero-order chi connectivity index (χ0) is 15.1. The minimum atomic E-state index is -4.58. The average Bonchev–Trinajstić information content (AvgIpc) is 2.25. The monoisotopic (exact) mass is 290 g/mol. The Kier molecular flexibility index (Phi) is 3.39. The van der Waals surface area contributed by atoms with Crippen LogP contribution in [0.1, 0.15) is 24.5 Å². The second kappa shape index (κ2) is 4.64. The first-order valence-electron chi connectivity index (χ1n) is 5.97. The summed E-state index contributed by atoms with van der Waals surface area (Å²) in [4.78, 5) is 3.87. The van der Waals surface area contributed by atoms with Gasteiger partial charge < -0.3 is 10.5 Å². The molecule has 0 radical (unpaired) electrons. The quantitative estimate of drug-likeness (QED) is 0.808. The summed E-state index contributed by atoms with van der Waals surface area (Å²) in [5.74, 6) is -0.605. The number of hydrogen-bond acceptors (Lipinski definition) is 3. The zero-order valence-corrected chi connectivity index (χ0v) is 11.0. The van der Waals surface area contributed by atoms with E-state index in [1.54, 1.807) is 13.0 Å². The second-order valence-electron chi connectivity index (χ2n) is 5.06. The Morgan fingerprint density at radius 1 is 1.40 bits per heavy atom. The van der Waals surface area contributed by atoms with E-state index in [2.05, 4.69) is 9.73 Å². The molecule has 0 amide bonds. The van der Waals surface area contributed by atoms with Crippen LogP contribution in [0.15, 0.2) is 23.2 Å². The van der Waals surface area contributed by atoms with Gasteiger partial charge in [-0.1, -0.05) is 12.1 Å². The van der Waals surface area contributed by atoms with Crippen molar-refractivity contribution < 1.29 is 22.3 Å². The minimum Gasteiger partial charge on any atom is -0.452 e. The molecular formula is C13H14F4N2O. The smallest absolute Gasteiger partial charge is 0.425 e. The van der Waals surface area contributed by atoms with Crippen LogP contribution in [-0.2, 0) is 10.3 Å². The van der Waals surface area contributed by atoms with Crippen LogP contribution in [0, 0.1) is 12.7 Å². The van der Waals surface area contributed by atoms with Crippen LogP contribution >= 0.6 is 0 Å². The standard InChI is InChI=1S/C13H14F4N2O/c1-7-3-4-8(9(14)5-7)12(2)6-10(13(15,16)17)20-11(18)19-12/h3-5,10H,6H2,1-2H3,(H2,18,19)/t10-,12-/m0/s1. The molecule has 0 bridgehead atoms. The summed E-state index contributed by atoms with van der Waals surface area (Å²) in [5.41, 5.74) is 4.66. The fourth-order valence-corrected chi connectivity index (χ4v) is 2.27. The van der Waals surface area contributed by atoms with E-state index in [-0.39, 0.29) is 5.56 Å². The molecule has 0 unspecified atom stereocenters. The van der Waals surface area contributed by atoms with Gasteiger partial charge in [0.25, 0.3) is 6.02 Å². The Hall–Kier alpha value is -1.79. The van der Waals surface area contributed by atoms with Crippen molar-refractivity contribution in [3.05, 3.63) is 35.1 Å². The number of nitrogens with two attached hydrogens (primary N) is 1. The Morgan fingerprint density at radius 2 is 2.05 bits per heavy atom. The lowest BCUT2D eigenvalue weighted by molar-refractivity contribution is -0.208. The van der Waals surface area contributed by atoms with Gasteiger partial charge in [0, 0.05) is 12.0 Å². The van der Waals surface area contributed by atoms with Gasteiger partial charge in [-0.3, -0.25) is 0 Å². The fraction of sp³-hybridized carbons (Fsp3) is 0.462. The summed E-state index contributed by atoms with van der Waals surface area (Å²) in [6.07, 6.45) is -7.19. The van der Waals surface area contributed by atoms with Gasteiger partial charge in [0.1, 0.15) is 5.82 Å². The Morgan fingerprint density at radius 3 is 2.60 bits per heavy atom. The van der Waals surface area contributed by atoms with Crippen LogP contribution in [0.5, 0.6) is 0 Å². The highest BCUT2D eigenvalue weighted by Crippen LogP contribution is 2.40. The molecule has 1 aromatic carbocycles. The lowest BCUT2D eigenvalue weighted by Gasteiger charge is -2.35. The topological polar surface area (TPSA) is 47.6 Å². The average molecular weight is 290 g/mol. The van der Waals surface area contributed by atoms with Crippen LogP contribution in [0.3, 0.4) is 0 Å². The molecule has 2 atom stereocenters. The number of aryl methyl sites for hydroxylation is 1. The van der Waals surface area contributed by atoms with Crippen LogP contribution < -0.4 is 5.73 Å². The maximum atomic E-state index is 14.0. The van der Waals surface area contributed by atoms with Gasteiger partial charge >= 0.3 is 6.18 Å². The SMILES string of the molecule is Cc1ccc([C@]2(C)C[C@@H](C(F)(F)F)OC(N)=N2)c(F)c1. The maximum Gasteiger partial charge on any atom is 0.425 e.